The minimum Gasteiger partial charge on any atom is -0.461 e. The summed E-state index contributed by atoms with van der Waals surface area (Å²) in [7, 11) is 2.17. The van der Waals surface area contributed by atoms with E-state index in [0.29, 0.717) is 12.0 Å². The average molecular weight is 377 g/mol. The molecular formula is C18H21BrN2O2. The van der Waals surface area contributed by atoms with Crippen molar-refractivity contribution in [3.05, 3.63) is 33.7 Å². The normalized spacial score (nSPS) is 22.7. The first-order chi connectivity index (χ1) is 11.0. The van der Waals surface area contributed by atoms with E-state index in [4.69, 9.17) is 14.6 Å². The number of hydrogen-bond acceptors (Lipinski definition) is 4. The zero-order valence-electron chi connectivity index (χ0n) is 13.6. The molecule has 2 N–H and O–H groups in total. The highest BCUT2D eigenvalue weighted by Crippen LogP contribution is 2.46. The maximum Gasteiger partial charge on any atom is 0.149 e. The topological polar surface area (TPSA) is 55.5 Å². The summed E-state index contributed by atoms with van der Waals surface area (Å²) in [6.07, 6.45) is 1.06. The first kappa shape index (κ1) is 15.2. The summed E-state index contributed by atoms with van der Waals surface area (Å²) in [6, 6.07) is 4.51. The van der Waals surface area contributed by atoms with Crippen LogP contribution in [0.1, 0.15) is 29.5 Å². The Labute approximate surface area is 143 Å². The zero-order valence-corrected chi connectivity index (χ0v) is 15.2. The third-order valence-electron chi connectivity index (χ3n) is 4.98. The van der Waals surface area contributed by atoms with Crippen molar-refractivity contribution in [2.75, 3.05) is 20.1 Å². The zero-order chi connectivity index (χ0) is 16.3. The standard InChI is InChI=1S/C18H21BrN2O2/c1-9-4-12-15(14-6-11(7-20)8-21(14)3)17-13(5-10(2)22-17)16(19)18(12)23-9/h4-5,11,14H,6-8,20H2,1-3H3. The molecule has 4 nitrogen and oxygen atoms in total. The first-order valence-corrected chi connectivity index (χ1v) is 8.80. The van der Waals surface area contributed by atoms with Crippen molar-refractivity contribution in [1.82, 2.24) is 4.90 Å². The van der Waals surface area contributed by atoms with Gasteiger partial charge < -0.3 is 14.6 Å². The van der Waals surface area contributed by atoms with E-state index in [1.165, 1.54) is 5.56 Å². The number of fused-ring (bicyclic) bond motifs is 2. The van der Waals surface area contributed by atoms with E-state index in [1.54, 1.807) is 0 Å². The SMILES string of the molecule is Cc1cc2c(C3CC(CN)CN3C)c3oc(C)cc3c(Br)c2o1. The van der Waals surface area contributed by atoms with Crippen LogP contribution in [0.25, 0.3) is 21.9 Å². The number of nitrogens with two attached hydrogens (primary N) is 1. The molecule has 0 aliphatic carbocycles. The maximum atomic E-state index is 6.10. The number of benzene rings is 1. The lowest BCUT2D eigenvalue weighted by molar-refractivity contribution is 0.314. The van der Waals surface area contributed by atoms with Crippen molar-refractivity contribution in [1.29, 1.82) is 0 Å². The number of hydrogen-bond donors (Lipinski definition) is 1. The second kappa shape index (κ2) is 5.36. The Bertz CT molecular complexity index is 838. The molecule has 0 bridgehead atoms. The number of halogens is 1. The van der Waals surface area contributed by atoms with Crippen LogP contribution in [0.2, 0.25) is 0 Å². The summed E-state index contributed by atoms with van der Waals surface area (Å²) in [5.41, 5.74) is 9.04. The monoisotopic (exact) mass is 376 g/mol. The number of furan rings is 2. The van der Waals surface area contributed by atoms with Gasteiger partial charge in [-0.05, 0) is 67.8 Å². The van der Waals surface area contributed by atoms with Gasteiger partial charge in [0.25, 0.3) is 0 Å². The van der Waals surface area contributed by atoms with E-state index < -0.39 is 0 Å². The lowest BCUT2D eigenvalue weighted by Crippen LogP contribution is -2.20. The molecule has 0 amide bonds. The van der Waals surface area contributed by atoms with E-state index in [-0.39, 0.29) is 0 Å². The van der Waals surface area contributed by atoms with Crippen LogP contribution in [0.5, 0.6) is 0 Å². The lowest BCUT2D eigenvalue weighted by atomic mass is 9.95. The Kier molecular flexibility index (Phi) is 3.55. The summed E-state index contributed by atoms with van der Waals surface area (Å²) in [4.78, 5) is 2.39. The van der Waals surface area contributed by atoms with Gasteiger partial charge in [-0.15, -0.1) is 0 Å². The van der Waals surface area contributed by atoms with Gasteiger partial charge in [-0.3, -0.25) is 4.90 Å². The molecular weight excluding hydrogens is 356 g/mol. The van der Waals surface area contributed by atoms with Crippen molar-refractivity contribution < 1.29 is 8.83 Å². The molecule has 3 heterocycles. The van der Waals surface area contributed by atoms with Gasteiger partial charge in [-0.2, -0.15) is 0 Å². The molecule has 0 saturated carbocycles. The third-order valence-corrected chi connectivity index (χ3v) is 5.77. The highest BCUT2D eigenvalue weighted by molar-refractivity contribution is 9.10. The van der Waals surface area contributed by atoms with Crippen LogP contribution in [0.15, 0.2) is 25.4 Å². The van der Waals surface area contributed by atoms with E-state index >= 15 is 0 Å². The maximum absolute atomic E-state index is 6.10. The molecule has 2 atom stereocenters. The minimum atomic E-state index is 0.309. The predicted molar refractivity (Wildman–Crippen MR) is 95.7 cm³/mol. The molecule has 1 aromatic carbocycles. The van der Waals surface area contributed by atoms with E-state index in [9.17, 15) is 0 Å². The molecule has 1 aliphatic heterocycles. The predicted octanol–water partition coefficient (Wildman–Crippen LogP) is 4.51. The van der Waals surface area contributed by atoms with Gasteiger partial charge in [-0.25, -0.2) is 0 Å². The number of nitrogens with zero attached hydrogens (tertiary/aromatic N) is 1. The van der Waals surface area contributed by atoms with Crippen LogP contribution in [0, 0.1) is 19.8 Å². The highest BCUT2D eigenvalue weighted by Gasteiger charge is 2.34. The molecule has 1 aliphatic rings. The van der Waals surface area contributed by atoms with Gasteiger partial charge in [0.15, 0.2) is 0 Å². The van der Waals surface area contributed by atoms with E-state index in [2.05, 4.69) is 40.0 Å². The Morgan fingerprint density at radius 3 is 2.48 bits per heavy atom. The fourth-order valence-electron chi connectivity index (χ4n) is 3.94. The molecule has 0 radical (unpaired) electrons. The molecule has 0 spiro atoms. The second-order valence-corrected chi connectivity index (χ2v) is 7.51. The number of aryl methyl sites for hydroxylation is 2. The second-order valence-electron chi connectivity index (χ2n) is 6.72. The van der Waals surface area contributed by atoms with Crippen LogP contribution in [-0.4, -0.2) is 25.0 Å². The molecule has 23 heavy (non-hydrogen) atoms. The largest absolute Gasteiger partial charge is 0.461 e. The van der Waals surface area contributed by atoms with Gasteiger partial charge in [-0.1, -0.05) is 0 Å². The molecule has 122 valence electrons. The summed E-state index contributed by atoms with van der Waals surface area (Å²) in [6.45, 7) is 5.73. The Balaban J connectivity index is 2.04. The highest BCUT2D eigenvalue weighted by atomic mass is 79.9. The van der Waals surface area contributed by atoms with Gasteiger partial charge in [0.05, 0.1) is 4.47 Å². The molecule has 1 saturated heterocycles. The van der Waals surface area contributed by atoms with Crippen molar-refractivity contribution >= 4 is 37.9 Å². The van der Waals surface area contributed by atoms with Crippen LogP contribution >= 0.6 is 15.9 Å². The molecule has 1 fully saturated rings. The number of rotatable bonds is 2. The van der Waals surface area contributed by atoms with Crippen molar-refractivity contribution in [3.8, 4) is 0 Å². The van der Waals surface area contributed by atoms with Gasteiger partial charge in [0.1, 0.15) is 22.7 Å². The molecule has 4 rings (SSSR count). The minimum absolute atomic E-state index is 0.309. The smallest absolute Gasteiger partial charge is 0.149 e. The first-order valence-electron chi connectivity index (χ1n) is 8.01. The fourth-order valence-corrected chi connectivity index (χ4v) is 4.53. The van der Waals surface area contributed by atoms with Crippen LogP contribution in [0.4, 0.5) is 0 Å². The fraction of sp³-hybridized carbons (Fsp3) is 0.444. The Morgan fingerprint density at radius 2 is 1.83 bits per heavy atom. The van der Waals surface area contributed by atoms with Crippen LogP contribution in [-0.2, 0) is 0 Å². The van der Waals surface area contributed by atoms with Crippen LogP contribution in [0.3, 0.4) is 0 Å². The molecule has 5 heteroatoms. The number of likely N-dealkylation sites (tertiary alicyclic amines) is 1. The van der Waals surface area contributed by atoms with Crippen molar-refractivity contribution in [2.24, 2.45) is 11.7 Å². The summed E-state index contributed by atoms with van der Waals surface area (Å²) >= 11 is 3.71. The Morgan fingerprint density at radius 1 is 1.17 bits per heavy atom. The van der Waals surface area contributed by atoms with E-state index in [1.807, 2.05) is 13.8 Å². The molecule has 2 aromatic heterocycles. The van der Waals surface area contributed by atoms with Gasteiger partial charge in [0.2, 0.25) is 0 Å². The van der Waals surface area contributed by atoms with Crippen molar-refractivity contribution in [2.45, 2.75) is 26.3 Å². The van der Waals surface area contributed by atoms with Crippen molar-refractivity contribution in [3.63, 3.8) is 0 Å². The Hall–Kier alpha value is -1.30. The quantitative estimate of drug-likeness (QED) is 0.714. The van der Waals surface area contributed by atoms with Gasteiger partial charge >= 0.3 is 0 Å². The average Bonchev–Trinajstić information content (AvgIpc) is 3.17. The van der Waals surface area contributed by atoms with Crippen LogP contribution < -0.4 is 5.73 Å². The van der Waals surface area contributed by atoms with E-state index in [0.717, 1.165) is 57.4 Å². The lowest BCUT2D eigenvalue weighted by Gasteiger charge is -2.21. The van der Waals surface area contributed by atoms with Gasteiger partial charge in [0, 0.05) is 28.9 Å². The third kappa shape index (κ3) is 2.25. The summed E-state index contributed by atoms with van der Waals surface area (Å²) < 4.78 is 13.0. The summed E-state index contributed by atoms with van der Waals surface area (Å²) in [5.74, 6) is 2.37. The molecule has 3 aromatic rings. The summed E-state index contributed by atoms with van der Waals surface area (Å²) in [5, 5.41) is 2.23. The molecule has 2 unspecified atom stereocenters.